The van der Waals surface area contributed by atoms with E-state index in [9.17, 15) is 0 Å². The van der Waals surface area contributed by atoms with E-state index < -0.39 is 16.6 Å². The molecule has 0 spiro atoms. The fourth-order valence-corrected chi connectivity index (χ4v) is 11.9. The smallest absolute Gasteiger partial charge is 0.205 e. The van der Waals surface area contributed by atoms with Crippen molar-refractivity contribution in [2.75, 3.05) is 0 Å². The van der Waals surface area contributed by atoms with Gasteiger partial charge in [0, 0.05) is 0 Å². The summed E-state index contributed by atoms with van der Waals surface area (Å²) in [6.07, 6.45) is 3.86. The lowest BCUT2D eigenvalue weighted by molar-refractivity contribution is 0.547. The van der Waals surface area contributed by atoms with Gasteiger partial charge in [0.1, 0.15) is 0 Å². The maximum Gasteiger partial charge on any atom is 0.205 e. The van der Waals surface area contributed by atoms with E-state index in [0.29, 0.717) is 5.56 Å². The monoisotopic (exact) mass is 381 g/mol. The average Bonchev–Trinajstić information content (AvgIpc) is 2.61. The minimum atomic E-state index is -1.89. The van der Waals surface area contributed by atoms with Crippen LogP contribution in [0.2, 0.25) is 32.2 Å². The summed E-state index contributed by atoms with van der Waals surface area (Å²) in [7, 11) is -3.51. The van der Waals surface area contributed by atoms with Crippen LogP contribution in [0.5, 0.6) is 0 Å². The standard InChI is InChI=1S/C22H31NOSi2/c1-6-7-8-17-25(2,3)24-26(4,5)22-15-13-21(14-16-22)20-11-9-19(18-23)10-12-20/h9-16H,6-8,17H2,1-5H3. The lowest BCUT2D eigenvalue weighted by Crippen LogP contribution is -2.52. The first-order chi connectivity index (χ1) is 12.3. The summed E-state index contributed by atoms with van der Waals surface area (Å²) >= 11 is 0. The molecular formula is C22H31NOSi2. The predicted molar refractivity (Wildman–Crippen MR) is 117 cm³/mol. The Kier molecular flexibility index (Phi) is 6.99. The summed E-state index contributed by atoms with van der Waals surface area (Å²) in [4.78, 5) is 0. The third-order valence-electron chi connectivity index (χ3n) is 4.84. The van der Waals surface area contributed by atoms with Crippen molar-refractivity contribution in [2.45, 2.75) is 58.4 Å². The van der Waals surface area contributed by atoms with Gasteiger partial charge >= 0.3 is 0 Å². The summed E-state index contributed by atoms with van der Waals surface area (Å²) in [5.41, 5.74) is 3.02. The third kappa shape index (κ3) is 5.67. The molecule has 0 unspecified atom stereocenters. The van der Waals surface area contributed by atoms with Crippen LogP contribution < -0.4 is 5.19 Å². The Hall–Kier alpha value is -1.68. The zero-order valence-corrected chi connectivity index (χ0v) is 18.8. The van der Waals surface area contributed by atoms with Gasteiger partial charge in [0.15, 0.2) is 8.32 Å². The van der Waals surface area contributed by atoms with E-state index in [1.54, 1.807) is 0 Å². The van der Waals surface area contributed by atoms with E-state index in [0.717, 1.165) is 5.56 Å². The van der Waals surface area contributed by atoms with Gasteiger partial charge in [0.25, 0.3) is 0 Å². The van der Waals surface area contributed by atoms with Gasteiger partial charge in [0.2, 0.25) is 8.32 Å². The van der Waals surface area contributed by atoms with Crippen LogP contribution in [0.3, 0.4) is 0 Å². The minimum Gasteiger partial charge on any atom is -0.452 e. The van der Waals surface area contributed by atoms with Gasteiger partial charge in [-0.15, -0.1) is 0 Å². The van der Waals surface area contributed by atoms with Crippen LogP contribution in [0.15, 0.2) is 48.5 Å². The zero-order chi connectivity index (χ0) is 19.2. The van der Waals surface area contributed by atoms with E-state index in [1.165, 1.54) is 36.1 Å². The Balaban J connectivity index is 2.11. The van der Waals surface area contributed by atoms with Gasteiger partial charge in [-0.05, 0) is 60.7 Å². The molecule has 0 N–H and O–H groups in total. The van der Waals surface area contributed by atoms with E-state index in [2.05, 4.69) is 63.4 Å². The number of benzene rings is 2. The first kappa shape index (κ1) is 20.6. The fraction of sp³-hybridized carbons (Fsp3) is 0.409. The Morgan fingerprint density at radius 3 is 1.88 bits per heavy atom. The van der Waals surface area contributed by atoms with Crippen molar-refractivity contribution in [1.82, 2.24) is 0 Å². The van der Waals surface area contributed by atoms with Crippen molar-refractivity contribution in [2.24, 2.45) is 0 Å². The summed E-state index contributed by atoms with van der Waals surface area (Å²) in [5, 5.41) is 10.3. The predicted octanol–water partition coefficient (Wildman–Crippen LogP) is 6.05. The van der Waals surface area contributed by atoms with Crippen LogP contribution in [0.4, 0.5) is 0 Å². The Bertz CT molecular complexity index is 743. The summed E-state index contributed by atoms with van der Waals surface area (Å²) in [5.74, 6) is 0. The minimum absolute atomic E-state index is 0.697. The molecule has 4 heteroatoms. The largest absolute Gasteiger partial charge is 0.452 e. The molecule has 138 valence electrons. The van der Waals surface area contributed by atoms with Gasteiger partial charge in [-0.2, -0.15) is 5.26 Å². The van der Waals surface area contributed by atoms with Crippen LogP contribution in [-0.2, 0) is 4.12 Å². The molecule has 0 amide bonds. The average molecular weight is 382 g/mol. The van der Waals surface area contributed by atoms with Crippen LogP contribution in [-0.4, -0.2) is 16.6 Å². The lowest BCUT2D eigenvalue weighted by Gasteiger charge is -2.34. The molecule has 0 saturated carbocycles. The fourth-order valence-electron chi connectivity index (χ4n) is 3.40. The second-order valence-corrected chi connectivity index (χ2v) is 16.5. The number of nitriles is 1. The first-order valence-electron chi connectivity index (χ1n) is 9.59. The highest BCUT2D eigenvalue weighted by atomic mass is 28.4. The normalized spacial score (nSPS) is 12.0. The maximum absolute atomic E-state index is 8.93. The highest BCUT2D eigenvalue weighted by Gasteiger charge is 2.34. The molecule has 0 fully saturated rings. The molecule has 0 aliphatic carbocycles. The maximum atomic E-state index is 8.93. The molecule has 0 radical (unpaired) electrons. The van der Waals surface area contributed by atoms with Gasteiger partial charge in [0.05, 0.1) is 11.6 Å². The topological polar surface area (TPSA) is 33.0 Å². The molecule has 0 atom stereocenters. The molecule has 2 rings (SSSR count). The van der Waals surface area contributed by atoms with Crippen LogP contribution >= 0.6 is 0 Å². The molecule has 2 nitrogen and oxygen atoms in total. The first-order valence-corrected chi connectivity index (χ1v) is 15.6. The van der Waals surface area contributed by atoms with Crippen molar-refractivity contribution >= 4 is 21.8 Å². The molecule has 0 saturated heterocycles. The van der Waals surface area contributed by atoms with E-state index in [-0.39, 0.29) is 0 Å². The van der Waals surface area contributed by atoms with Gasteiger partial charge in [-0.3, -0.25) is 0 Å². The molecule has 2 aromatic rings. The summed E-state index contributed by atoms with van der Waals surface area (Å²) in [6, 6.07) is 20.0. The van der Waals surface area contributed by atoms with Gasteiger partial charge in [-0.25, -0.2) is 0 Å². The van der Waals surface area contributed by atoms with Crippen LogP contribution in [0.1, 0.15) is 31.7 Å². The molecule has 0 aliphatic heterocycles. The second kappa shape index (κ2) is 8.81. The van der Waals surface area contributed by atoms with E-state index in [1.807, 2.05) is 24.3 Å². The molecule has 2 aromatic carbocycles. The quantitative estimate of drug-likeness (QED) is 0.412. The summed E-state index contributed by atoms with van der Waals surface area (Å²) in [6.45, 7) is 11.6. The number of hydrogen-bond acceptors (Lipinski definition) is 2. The van der Waals surface area contributed by atoms with Crippen LogP contribution in [0, 0.1) is 11.3 Å². The van der Waals surface area contributed by atoms with Crippen molar-refractivity contribution < 1.29 is 4.12 Å². The SMILES string of the molecule is CCCCC[Si](C)(C)O[Si](C)(C)c1ccc(-c2ccc(C#N)cc2)cc1. The van der Waals surface area contributed by atoms with Gasteiger partial charge in [-0.1, -0.05) is 62.6 Å². The van der Waals surface area contributed by atoms with Gasteiger partial charge < -0.3 is 4.12 Å². The highest BCUT2D eigenvalue weighted by Crippen LogP contribution is 2.23. The third-order valence-corrected chi connectivity index (χ3v) is 12.4. The number of rotatable bonds is 8. The van der Waals surface area contributed by atoms with Crippen molar-refractivity contribution in [3.05, 3.63) is 54.1 Å². The Labute approximate surface area is 161 Å². The molecular weight excluding hydrogens is 350 g/mol. The highest BCUT2D eigenvalue weighted by molar-refractivity contribution is 6.92. The molecule has 0 bridgehead atoms. The number of hydrogen-bond donors (Lipinski definition) is 0. The van der Waals surface area contributed by atoms with Crippen LogP contribution in [0.25, 0.3) is 11.1 Å². The Morgan fingerprint density at radius 1 is 0.846 bits per heavy atom. The lowest BCUT2D eigenvalue weighted by atomic mass is 10.0. The van der Waals surface area contributed by atoms with Crippen molar-refractivity contribution in [3.63, 3.8) is 0 Å². The molecule has 26 heavy (non-hydrogen) atoms. The number of nitrogens with zero attached hydrogens (tertiary/aromatic N) is 1. The molecule has 0 aliphatic rings. The number of unbranched alkanes of at least 4 members (excludes halogenated alkanes) is 2. The van der Waals surface area contributed by atoms with E-state index in [4.69, 9.17) is 9.38 Å². The van der Waals surface area contributed by atoms with E-state index >= 15 is 0 Å². The van der Waals surface area contributed by atoms with Crippen molar-refractivity contribution in [3.8, 4) is 17.2 Å². The zero-order valence-electron chi connectivity index (χ0n) is 16.8. The Morgan fingerprint density at radius 2 is 1.38 bits per heavy atom. The van der Waals surface area contributed by atoms with Crippen molar-refractivity contribution in [1.29, 1.82) is 5.26 Å². The molecule has 0 aromatic heterocycles. The molecule has 0 heterocycles. The second-order valence-electron chi connectivity index (χ2n) is 8.10. The summed E-state index contributed by atoms with van der Waals surface area (Å²) < 4.78 is 6.78.